The van der Waals surface area contributed by atoms with E-state index in [-0.39, 0.29) is 11.8 Å². The predicted molar refractivity (Wildman–Crippen MR) is 65.5 cm³/mol. The summed E-state index contributed by atoms with van der Waals surface area (Å²) in [5.74, 6) is -1.94. The van der Waals surface area contributed by atoms with Crippen molar-refractivity contribution in [1.29, 1.82) is 5.26 Å². The standard InChI is InChI=1S/C4H7N.2C4H8O2/c1-2-3-4-5;2*1-3(2)4(5)6/h2-3H2,1H3;2*3H,1-2H3,(H,5,6). The maximum atomic E-state index is 9.70. The van der Waals surface area contributed by atoms with Crippen LogP contribution >= 0.6 is 0 Å². The lowest BCUT2D eigenvalue weighted by atomic mass is 10.2. The largest absolute Gasteiger partial charge is 0.481 e. The van der Waals surface area contributed by atoms with Crippen molar-refractivity contribution in [3.63, 3.8) is 0 Å². The molecule has 0 aromatic heterocycles. The van der Waals surface area contributed by atoms with Crippen LogP contribution in [0.1, 0.15) is 47.5 Å². The molecule has 0 amide bonds. The number of carboxylic acids is 2. The van der Waals surface area contributed by atoms with Crippen molar-refractivity contribution >= 4 is 11.9 Å². The molecule has 5 nitrogen and oxygen atoms in total. The average molecular weight is 245 g/mol. The zero-order chi connectivity index (χ0) is 14.4. The van der Waals surface area contributed by atoms with Crippen LogP contribution in [0.4, 0.5) is 0 Å². The summed E-state index contributed by atoms with van der Waals surface area (Å²) in [5, 5.41) is 23.8. The Bertz CT molecular complexity index is 223. The summed E-state index contributed by atoms with van der Waals surface area (Å²) < 4.78 is 0. The first-order valence-electron chi connectivity index (χ1n) is 5.53. The lowest BCUT2D eigenvalue weighted by Crippen LogP contribution is -2.03. The molecule has 0 fully saturated rings. The summed E-state index contributed by atoms with van der Waals surface area (Å²) in [6.07, 6.45) is 1.68. The molecule has 0 spiro atoms. The molecule has 0 heterocycles. The number of carboxylic acid groups (broad SMARTS) is 2. The van der Waals surface area contributed by atoms with Crippen LogP contribution in [-0.2, 0) is 9.59 Å². The fourth-order valence-corrected chi connectivity index (χ4v) is 0.112. The molecule has 0 aromatic rings. The maximum absolute atomic E-state index is 9.70. The first-order valence-corrected chi connectivity index (χ1v) is 5.53. The van der Waals surface area contributed by atoms with Gasteiger partial charge in [0.05, 0.1) is 17.9 Å². The number of nitriles is 1. The first kappa shape index (κ1) is 20.8. The molecule has 0 saturated carbocycles. The van der Waals surface area contributed by atoms with Crippen LogP contribution in [0.3, 0.4) is 0 Å². The van der Waals surface area contributed by atoms with Crippen molar-refractivity contribution < 1.29 is 19.8 Å². The zero-order valence-electron chi connectivity index (χ0n) is 11.2. The molecule has 0 saturated heterocycles. The molecule has 0 rings (SSSR count). The van der Waals surface area contributed by atoms with Crippen LogP contribution in [0.15, 0.2) is 0 Å². The molecule has 0 bridgehead atoms. The summed E-state index contributed by atoms with van der Waals surface area (Å²) in [5.41, 5.74) is 0. The number of hydrogen-bond acceptors (Lipinski definition) is 3. The van der Waals surface area contributed by atoms with E-state index in [0.717, 1.165) is 6.42 Å². The molecule has 2 N–H and O–H groups in total. The van der Waals surface area contributed by atoms with Crippen molar-refractivity contribution in [2.75, 3.05) is 0 Å². The third-order valence-electron chi connectivity index (χ3n) is 1.35. The van der Waals surface area contributed by atoms with Gasteiger partial charge in [-0.2, -0.15) is 5.26 Å². The Hall–Kier alpha value is -1.57. The van der Waals surface area contributed by atoms with Gasteiger partial charge in [-0.25, -0.2) is 0 Å². The monoisotopic (exact) mass is 245 g/mol. The van der Waals surface area contributed by atoms with E-state index in [2.05, 4.69) is 0 Å². The van der Waals surface area contributed by atoms with Gasteiger partial charge in [0.15, 0.2) is 0 Å². The highest BCUT2D eigenvalue weighted by Gasteiger charge is 1.99. The Kier molecular flexibility index (Phi) is 17.7. The second kappa shape index (κ2) is 14.4. The summed E-state index contributed by atoms with van der Waals surface area (Å²) in [4.78, 5) is 19.4. The van der Waals surface area contributed by atoms with Gasteiger partial charge in [0.1, 0.15) is 0 Å². The molecule has 100 valence electrons. The van der Waals surface area contributed by atoms with Gasteiger partial charge in [0, 0.05) is 6.42 Å². The first-order chi connectivity index (χ1) is 7.70. The average Bonchev–Trinajstić information content (AvgIpc) is 2.20. The highest BCUT2D eigenvalue weighted by molar-refractivity contribution is 5.69. The summed E-state index contributed by atoms with van der Waals surface area (Å²) in [7, 11) is 0. The number of unbranched alkanes of at least 4 members (excludes halogenated alkanes) is 1. The second-order valence-electron chi connectivity index (χ2n) is 3.89. The van der Waals surface area contributed by atoms with Crippen LogP contribution in [0.2, 0.25) is 0 Å². The maximum Gasteiger partial charge on any atom is 0.305 e. The molecule has 0 atom stereocenters. The minimum Gasteiger partial charge on any atom is -0.481 e. The van der Waals surface area contributed by atoms with Gasteiger partial charge >= 0.3 is 11.9 Å². The van der Waals surface area contributed by atoms with Gasteiger partial charge in [-0.15, -0.1) is 0 Å². The number of carbonyl (C=O) groups is 2. The number of hydrogen-bond donors (Lipinski definition) is 2. The second-order valence-corrected chi connectivity index (χ2v) is 3.89. The topological polar surface area (TPSA) is 98.4 Å². The van der Waals surface area contributed by atoms with E-state index in [1.165, 1.54) is 0 Å². The van der Waals surface area contributed by atoms with E-state index in [0.29, 0.717) is 6.42 Å². The Balaban J connectivity index is -0.000000174. The van der Waals surface area contributed by atoms with Crippen molar-refractivity contribution in [1.82, 2.24) is 0 Å². The van der Waals surface area contributed by atoms with Crippen molar-refractivity contribution in [2.24, 2.45) is 11.8 Å². The van der Waals surface area contributed by atoms with Crippen LogP contribution in [-0.4, -0.2) is 22.2 Å². The van der Waals surface area contributed by atoms with Gasteiger partial charge in [-0.3, -0.25) is 9.59 Å². The van der Waals surface area contributed by atoms with E-state index in [4.69, 9.17) is 15.5 Å². The van der Waals surface area contributed by atoms with Crippen LogP contribution in [0.25, 0.3) is 0 Å². The molecule has 0 aromatic carbocycles. The van der Waals surface area contributed by atoms with Crippen LogP contribution in [0.5, 0.6) is 0 Å². The highest BCUT2D eigenvalue weighted by atomic mass is 16.4. The lowest BCUT2D eigenvalue weighted by molar-refractivity contribution is -0.141. The molecule has 0 unspecified atom stereocenters. The number of rotatable bonds is 3. The quantitative estimate of drug-likeness (QED) is 0.796. The molecule has 17 heavy (non-hydrogen) atoms. The molecular weight excluding hydrogens is 222 g/mol. The van der Waals surface area contributed by atoms with E-state index in [1.807, 2.05) is 13.0 Å². The molecule has 5 heteroatoms. The molecule has 0 aliphatic carbocycles. The molecule has 0 aliphatic rings. The Morgan fingerprint density at radius 3 is 1.29 bits per heavy atom. The van der Waals surface area contributed by atoms with Crippen molar-refractivity contribution in [2.45, 2.75) is 47.5 Å². The minimum atomic E-state index is -0.741. The normalized spacial score (nSPS) is 8.35. The third kappa shape index (κ3) is 31.4. The third-order valence-corrected chi connectivity index (χ3v) is 1.35. The van der Waals surface area contributed by atoms with Crippen molar-refractivity contribution in [3.05, 3.63) is 0 Å². The van der Waals surface area contributed by atoms with Gasteiger partial charge in [-0.05, 0) is 6.42 Å². The molecule has 0 radical (unpaired) electrons. The lowest BCUT2D eigenvalue weighted by Gasteiger charge is -1.89. The minimum absolute atomic E-state index is 0.231. The zero-order valence-corrected chi connectivity index (χ0v) is 11.2. The van der Waals surface area contributed by atoms with E-state index < -0.39 is 11.9 Å². The summed E-state index contributed by atoms with van der Waals surface area (Å²) >= 11 is 0. The van der Waals surface area contributed by atoms with E-state index >= 15 is 0 Å². The Morgan fingerprint density at radius 2 is 1.29 bits per heavy atom. The Morgan fingerprint density at radius 1 is 1.06 bits per heavy atom. The van der Waals surface area contributed by atoms with E-state index in [1.54, 1.807) is 27.7 Å². The number of aliphatic carboxylic acids is 2. The SMILES string of the molecule is CC(C)C(=O)O.CC(C)C(=O)O.CCCC#N. The number of nitrogens with zero attached hydrogens (tertiary/aromatic N) is 1. The Labute approximate surface area is 103 Å². The summed E-state index contributed by atoms with van der Waals surface area (Å²) in [6.45, 7) is 8.55. The van der Waals surface area contributed by atoms with Crippen LogP contribution < -0.4 is 0 Å². The smallest absolute Gasteiger partial charge is 0.305 e. The molecule has 0 aliphatic heterocycles. The molecular formula is C12H23NO4. The fourth-order valence-electron chi connectivity index (χ4n) is 0.112. The highest BCUT2D eigenvalue weighted by Crippen LogP contribution is 1.87. The van der Waals surface area contributed by atoms with E-state index in [9.17, 15) is 9.59 Å². The predicted octanol–water partition coefficient (Wildman–Crippen LogP) is 2.76. The summed E-state index contributed by atoms with van der Waals surface area (Å²) in [6, 6.07) is 2.02. The van der Waals surface area contributed by atoms with Crippen LogP contribution in [0, 0.1) is 23.2 Å². The van der Waals surface area contributed by atoms with Crippen molar-refractivity contribution in [3.8, 4) is 6.07 Å². The van der Waals surface area contributed by atoms with Gasteiger partial charge in [0.2, 0.25) is 0 Å². The van der Waals surface area contributed by atoms with Gasteiger partial charge < -0.3 is 10.2 Å². The van der Waals surface area contributed by atoms with Gasteiger partial charge in [0.25, 0.3) is 0 Å². The van der Waals surface area contributed by atoms with Gasteiger partial charge in [-0.1, -0.05) is 34.6 Å². The fraction of sp³-hybridized carbons (Fsp3) is 0.750.